The van der Waals surface area contributed by atoms with Crippen LogP contribution in [0.2, 0.25) is 0 Å². The fourth-order valence-corrected chi connectivity index (χ4v) is 6.77. The second-order valence-corrected chi connectivity index (χ2v) is 12.4. The summed E-state index contributed by atoms with van der Waals surface area (Å²) in [6, 6.07) is 9.68. The molecule has 2 heterocycles. The molecule has 1 aliphatic rings. The number of rotatable bonds is 8. The van der Waals surface area contributed by atoms with E-state index in [1.807, 2.05) is 6.26 Å². The SMILES string of the molecule is CSc1ccc(S(=O)(=O)Nc2ccc(S(=O)(=O)Nc3nccs3)cc2)cc1C(=O)N1CCOCC1. The quantitative estimate of drug-likeness (QED) is 0.406. The summed E-state index contributed by atoms with van der Waals surface area (Å²) in [5, 5.41) is 1.87. The van der Waals surface area contributed by atoms with Crippen molar-refractivity contribution in [2.24, 2.45) is 0 Å². The van der Waals surface area contributed by atoms with Gasteiger partial charge in [-0.1, -0.05) is 0 Å². The lowest BCUT2D eigenvalue weighted by Crippen LogP contribution is -2.40. The summed E-state index contributed by atoms with van der Waals surface area (Å²) in [5.74, 6) is -0.253. The molecule has 14 heteroatoms. The number of aromatic nitrogens is 1. The highest BCUT2D eigenvalue weighted by Gasteiger charge is 2.24. The number of anilines is 2. The molecule has 0 spiro atoms. The number of nitrogens with zero attached hydrogens (tertiary/aromatic N) is 2. The minimum absolute atomic E-state index is 0.0432. The van der Waals surface area contributed by atoms with Crippen LogP contribution in [0, 0.1) is 0 Å². The van der Waals surface area contributed by atoms with Crippen molar-refractivity contribution in [2.45, 2.75) is 14.7 Å². The van der Waals surface area contributed by atoms with Crippen LogP contribution in [0.1, 0.15) is 10.4 Å². The summed E-state index contributed by atoms with van der Waals surface area (Å²) in [5.41, 5.74) is 0.477. The Labute approximate surface area is 211 Å². The van der Waals surface area contributed by atoms with Gasteiger partial charge in [0.05, 0.1) is 28.6 Å². The largest absolute Gasteiger partial charge is 0.378 e. The first-order valence-corrected chi connectivity index (χ1v) is 15.4. The van der Waals surface area contributed by atoms with E-state index in [1.165, 1.54) is 54.4 Å². The molecule has 1 amide bonds. The van der Waals surface area contributed by atoms with Gasteiger partial charge in [-0.3, -0.25) is 14.2 Å². The normalized spacial score (nSPS) is 14.5. The maximum absolute atomic E-state index is 13.0. The van der Waals surface area contributed by atoms with Crippen LogP contribution in [0.5, 0.6) is 0 Å². The van der Waals surface area contributed by atoms with E-state index in [1.54, 1.807) is 16.3 Å². The third-order valence-corrected chi connectivity index (χ3v) is 9.43. The molecule has 2 aromatic carbocycles. The number of ether oxygens (including phenoxy) is 1. The average Bonchev–Trinajstić information content (AvgIpc) is 3.36. The highest BCUT2D eigenvalue weighted by atomic mass is 32.2. The van der Waals surface area contributed by atoms with Gasteiger partial charge in [-0.05, 0) is 48.7 Å². The number of benzene rings is 2. The zero-order valence-corrected chi connectivity index (χ0v) is 21.8. The molecule has 0 saturated carbocycles. The third-order valence-electron chi connectivity index (χ3n) is 5.08. The van der Waals surface area contributed by atoms with E-state index in [2.05, 4.69) is 14.4 Å². The third kappa shape index (κ3) is 5.95. The molecule has 0 unspecified atom stereocenters. The number of amides is 1. The van der Waals surface area contributed by atoms with E-state index in [4.69, 9.17) is 4.74 Å². The molecule has 35 heavy (non-hydrogen) atoms. The predicted octanol–water partition coefficient (Wildman–Crippen LogP) is 2.94. The molecule has 0 radical (unpaired) electrons. The zero-order valence-electron chi connectivity index (χ0n) is 18.5. The van der Waals surface area contributed by atoms with Crippen LogP contribution >= 0.6 is 23.1 Å². The van der Waals surface area contributed by atoms with Gasteiger partial charge in [-0.2, -0.15) is 0 Å². The van der Waals surface area contributed by atoms with Crippen LogP contribution in [0.4, 0.5) is 10.8 Å². The van der Waals surface area contributed by atoms with E-state index in [-0.39, 0.29) is 26.5 Å². The maximum Gasteiger partial charge on any atom is 0.263 e. The first-order valence-electron chi connectivity index (χ1n) is 10.3. The van der Waals surface area contributed by atoms with Crippen molar-refractivity contribution >= 4 is 59.9 Å². The van der Waals surface area contributed by atoms with Crippen molar-refractivity contribution in [1.29, 1.82) is 0 Å². The molecule has 1 saturated heterocycles. The van der Waals surface area contributed by atoms with E-state index in [0.717, 1.165) is 11.3 Å². The lowest BCUT2D eigenvalue weighted by molar-refractivity contribution is 0.0300. The minimum atomic E-state index is -4.04. The topological polar surface area (TPSA) is 135 Å². The number of carbonyl (C=O) groups excluding carboxylic acids is 1. The summed E-state index contributed by atoms with van der Waals surface area (Å²) in [6.45, 7) is 1.75. The molecular formula is C21H22N4O6S4. The average molecular weight is 555 g/mol. The van der Waals surface area contributed by atoms with Crippen LogP contribution in [0.3, 0.4) is 0 Å². The summed E-state index contributed by atoms with van der Waals surface area (Å²) in [4.78, 5) is 19.1. The van der Waals surface area contributed by atoms with Gasteiger partial charge in [0.2, 0.25) is 0 Å². The predicted molar refractivity (Wildman–Crippen MR) is 135 cm³/mol. The molecule has 0 atom stereocenters. The van der Waals surface area contributed by atoms with Crippen molar-refractivity contribution in [1.82, 2.24) is 9.88 Å². The second kappa shape index (κ2) is 10.5. The summed E-state index contributed by atoms with van der Waals surface area (Å²) in [6.07, 6.45) is 3.29. The van der Waals surface area contributed by atoms with Crippen molar-refractivity contribution in [3.63, 3.8) is 0 Å². The Hall–Kier alpha value is -2.65. The standard InChI is InChI=1S/C21H22N4O6S4/c1-32-19-7-6-17(14-18(19)20(26)25-9-11-31-12-10-25)35(29,30)23-15-2-4-16(5-3-15)34(27,28)24-21-22-8-13-33-21/h2-8,13-14,23H,9-12H2,1H3,(H,22,24). The summed E-state index contributed by atoms with van der Waals surface area (Å²) < 4.78 is 61.1. The van der Waals surface area contributed by atoms with Gasteiger partial charge in [0.1, 0.15) is 0 Å². The van der Waals surface area contributed by atoms with Crippen molar-refractivity contribution in [3.8, 4) is 0 Å². The molecule has 186 valence electrons. The highest BCUT2D eigenvalue weighted by molar-refractivity contribution is 7.98. The molecule has 10 nitrogen and oxygen atoms in total. The molecule has 3 aromatic rings. The van der Waals surface area contributed by atoms with Crippen LogP contribution in [0.15, 0.2) is 68.7 Å². The first-order chi connectivity index (χ1) is 16.7. The number of sulfonamides is 2. The van der Waals surface area contributed by atoms with Crippen LogP contribution in [-0.4, -0.2) is 65.2 Å². The molecule has 1 aliphatic heterocycles. The fourth-order valence-electron chi connectivity index (χ4n) is 3.32. The number of hydrogen-bond donors (Lipinski definition) is 2. The molecule has 1 fully saturated rings. The van der Waals surface area contributed by atoms with Crippen LogP contribution in [0.25, 0.3) is 0 Å². The van der Waals surface area contributed by atoms with E-state index in [9.17, 15) is 21.6 Å². The molecule has 0 bridgehead atoms. The zero-order chi connectivity index (χ0) is 25.1. The number of hydrogen-bond acceptors (Lipinski definition) is 9. The molecule has 0 aliphatic carbocycles. The Morgan fingerprint density at radius 2 is 1.66 bits per heavy atom. The van der Waals surface area contributed by atoms with Gasteiger partial charge in [-0.15, -0.1) is 23.1 Å². The van der Waals surface area contributed by atoms with E-state index >= 15 is 0 Å². The number of nitrogens with one attached hydrogen (secondary N) is 2. The van der Waals surface area contributed by atoms with E-state index in [0.29, 0.717) is 36.8 Å². The number of morpholine rings is 1. The lowest BCUT2D eigenvalue weighted by Gasteiger charge is -2.27. The summed E-state index contributed by atoms with van der Waals surface area (Å²) >= 11 is 2.50. The van der Waals surface area contributed by atoms with Gasteiger partial charge in [0.25, 0.3) is 26.0 Å². The van der Waals surface area contributed by atoms with E-state index < -0.39 is 20.0 Å². The Morgan fingerprint density at radius 3 is 2.29 bits per heavy atom. The monoisotopic (exact) mass is 554 g/mol. The first kappa shape index (κ1) is 25.4. The Morgan fingerprint density at radius 1 is 1.00 bits per heavy atom. The van der Waals surface area contributed by atoms with Crippen molar-refractivity contribution in [2.75, 3.05) is 42.0 Å². The van der Waals surface area contributed by atoms with Gasteiger partial charge in [0, 0.05) is 35.2 Å². The molecule has 4 rings (SSSR count). The van der Waals surface area contributed by atoms with Gasteiger partial charge in [0.15, 0.2) is 5.13 Å². The Bertz CT molecular complexity index is 1400. The second-order valence-electron chi connectivity index (χ2n) is 7.34. The number of thioether (sulfide) groups is 1. The lowest BCUT2D eigenvalue weighted by atomic mass is 10.2. The number of thiazole rings is 1. The van der Waals surface area contributed by atoms with Gasteiger partial charge >= 0.3 is 0 Å². The maximum atomic E-state index is 13.0. The smallest absolute Gasteiger partial charge is 0.263 e. The van der Waals surface area contributed by atoms with Crippen molar-refractivity contribution in [3.05, 3.63) is 59.6 Å². The van der Waals surface area contributed by atoms with Crippen LogP contribution < -0.4 is 9.44 Å². The van der Waals surface area contributed by atoms with Gasteiger partial charge in [-0.25, -0.2) is 21.8 Å². The Balaban J connectivity index is 1.54. The molecular weight excluding hydrogens is 533 g/mol. The van der Waals surface area contributed by atoms with Crippen LogP contribution in [-0.2, 0) is 24.8 Å². The van der Waals surface area contributed by atoms with Gasteiger partial charge < -0.3 is 9.64 Å². The Kier molecular flexibility index (Phi) is 7.66. The minimum Gasteiger partial charge on any atom is -0.378 e. The molecule has 2 N–H and O–H groups in total. The number of carbonyl (C=O) groups is 1. The molecule has 1 aromatic heterocycles. The van der Waals surface area contributed by atoms with Crippen molar-refractivity contribution < 1.29 is 26.4 Å². The highest BCUT2D eigenvalue weighted by Crippen LogP contribution is 2.27. The summed E-state index contributed by atoms with van der Waals surface area (Å²) in [7, 11) is -7.90. The fraction of sp³-hybridized carbons (Fsp3) is 0.238.